The minimum absolute atomic E-state index is 0.695. The molecule has 2 N–H and O–H groups in total. The van der Waals surface area contributed by atoms with Crippen molar-refractivity contribution in [1.82, 2.24) is 25.5 Å². The molecular weight excluding hydrogens is 388 g/mol. The number of aromatic nitrogens is 2. The Morgan fingerprint density at radius 3 is 2.61 bits per heavy atom. The number of thiazole rings is 2. The highest BCUT2D eigenvalue weighted by atomic mass is 32.1. The summed E-state index contributed by atoms with van der Waals surface area (Å²) in [5, 5.41) is 11.5. The average molecular weight is 421 g/mol. The molecule has 1 saturated heterocycles. The molecule has 0 atom stereocenters. The van der Waals surface area contributed by atoms with Gasteiger partial charge in [-0.25, -0.2) is 9.97 Å². The lowest BCUT2D eigenvalue weighted by atomic mass is 9.97. The van der Waals surface area contributed by atoms with E-state index < -0.39 is 0 Å². The van der Waals surface area contributed by atoms with Gasteiger partial charge in [0.1, 0.15) is 5.01 Å². The lowest BCUT2D eigenvalue weighted by molar-refractivity contribution is 0.176. The van der Waals surface area contributed by atoms with Crippen LogP contribution in [-0.2, 0) is 19.5 Å². The summed E-state index contributed by atoms with van der Waals surface area (Å²) in [7, 11) is 1.83. The normalized spacial score (nSPS) is 16.5. The number of guanidine groups is 1. The van der Waals surface area contributed by atoms with Gasteiger partial charge >= 0.3 is 0 Å². The highest BCUT2D eigenvalue weighted by Gasteiger charge is 2.20. The van der Waals surface area contributed by atoms with Crippen LogP contribution in [0.2, 0.25) is 0 Å². The standard InChI is InChI=1S/C20H32N6S2/c1-5-18-25-17(13-27-18)12-26-8-6-16(7-9-26)10-22-20(21-4)23-11-19-24-14(2)15(3)28-19/h13,16H,5-12H2,1-4H3,(H2,21,22,23). The number of hydrogen-bond donors (Lipinski definition) is 2. The number of aliphatic imine (C=N–C) groups is 1. The van der Waals surface area contributed by atoms with Gasteiger partial charge in [0.25, 0.3) is 0 Å². The highest BCUT2D eigenvalue weighted by Crippen LogP contribution is 2.20. The van der Waals surface area contributed by atoms with Gasteiger partial charge in [-0.1, -0.05) is 6.92 Å². The topological polar surface area (TPSA) is 65.4 Å². The van der Waals surface area contributed by atoms with Gasteiger partial charge in [-0.05, 0) is 52.1 Å². The SMILES string of the molecule is CCc1nc(CN2CCC(CNC(=NC)NCc3nc(C)c(C)s3)CC2)cs1. The first-order valence-electron chi connectivity index (χ1n) is 10.1. The molecule has 1 aliphatic heterocycles. The Hall–Kier alpha value is -1.51. The molecule has 154 valence electrons. The van der Waals surface area contributed by atoms with Crippen LogP contribution in [0.15, 0.2) is 10.4 Å². The molecule has 8 heteroatoms. The van der Waals surface area contributed by atoms with Crippen LogP contribution in [0.1, 0.15) is 46.0 Å². The average Bonchev–Trinajstić information content (AvgIpc) is 3.29. The second-order valence-corrected chi connectivity index (χ2v) is 9.59. The van der Waals surface area contributed by atoms with Gasteiger partial charge in [0.15, 0.2) is 5.96 Å². The fourth-order valence-electron chi connectivity index (χ4n) is 3.40. The Labute approximate surface area is 176 Å². The molecule has 0 aliphatic carbocycles. The van der Waals surface area contributed by atoms with Crippen LogP contribution in [0.3, 0.4) is 0 Å². The summed E-state index contributed by atoms with van der Waals surface area (Å²) in [5.74, 6) is 1.56. The maximum atomic E-state index is 4.70. The number of nitrogens with zero attached hydrogens (tertiary/aromatic N) is 4. The molecule has 0 bridgehead atoms. The predicted octanol–water partition coefficient (Wildman–Crippen LogP) is 3.36. The van der Waals surface area contributed by atoms with E-state index in [1.165, 1.54) is 28.4 Å². The molecule has 2 aromatic heterocycles. The second kappa shape index (κ2) is 10.3. The zero-order chi connectivity index (χ0) is 19.9. The van der Waals surface area contributed by atoms with E-state index >= 15 is 0 Å². The van der Waals surface area contributed by atoms with Crippen LogP contribution >= 0.6 is 22.7 Å². The fraction of sp³-hybridized carbons (Fsp3) is 0.650. The lowest BCUT2D eigenvalue weighted by Crippen LogP contribution is -2.42. The Bertz CT molecular complexity index is 754. The molecule has 0 spiro atoms. The number of rotatable bonds is 7. The molecule has 2 aromatic rings. The van der Waals surface area contributed by atoms with E-state index in [0.717, 1.165) is 55.8 Å². The smallest absolute Gasteiger partial charge is 0.191 e. The second-order valence-electron chi connectivity index (χ2n) is 7.36. The van der Waals surface area contributed by atoms with Crippen molar-refractivity contribution in [2.24, 2.45) is 10.9 Å². The van der Waals surface area contributed by atoms with E-state index in [1.807, 2.05) is 7.05 Å². The van der Waals surface area contributed by atoms with Crippen molar-refractivity contribution in [3.8, 4) is 0 Å². The minimum Gasteiger partial charge on any atom is -0.356 e. The summed E-state index contributed by atoms with van der Waals surface area (Å²) in [6.07, 6.45) is 3.48. The van der Waals surface area contributed by atoms with Crippen molar-refractivity contribution in [1.29, 1.82) is 0 Å². The molecular formula is C20H32N6S2. The van der Waals surface area contributed by atoms with Crippen molar-refractivity contribution in [2.45, 2.75) is 53.1 Å². The Morgan fingerprint density at radius 2 is 2.00 bits per heavy atom. The van der Waals surface area contributed by atoms with Gasteiger partial charge in [0.2, 0.25) is 0 Å². The third-order valence-electron chi connectivity index (χ3n) is 5.26. The van der Waals surface area contributed by atoms with E-state index in [0.29, 0.717) is 5.92 Å². The van der Waals surface area contributed by atoms with Crippen LogP contribution in [0.5, 0.6) is 0 Å². The highest BCUT2D eigenvalue weighted by molar-refractivity contribution is 7.11. The molecule has 3 heterocycles. The van der Waals surface area contributed by atoms with Gasteiger partial charge in [-0.3, -0.25) is 9.89 Å². The lowest BCUT2D eigenvalue weighted by Gasteiger charge is -2.31. The van der Waals surface area contributed by atoms with Crippen LogP contribution in [0.25, 0.3) is 0 Å². The first kappa shape index (κ1) is 21.2. The molecule has 0 amide bonds. The summed E-state index contributed by atoms with van der Waals surface area (Å²) in [6, 6.07) is 0. The van der Waals surface area contributed by atoms with E-state index in [2.05, 4.69) is 51.7 Å². The summed E-state index contributed by atoms with van der Waals surface area (Å²) in [4.78, 5) is 17.5. The third-order valence-corrected chi connectivity index (χ3v) is 7.37. The Kier molecular flexibility index (Phi) is 7.82. The van der Waals surface area contributed by atoms with E-state index in [9.17, 15) is 0 Å². The summed E-state index contributed by atoms with van der Waals surface area (Å²) >= 11 is 3.54. The molecule has 1 fully saturated rings. The van der Waals surface area contributed by atoms with E-state index in [1.54, 1.807) is 22.7 Å². The van der Waals surface area contributed by atoms with Crippen molar-refractivity contribution in [3.63, 3.8) is 0 Å². The summed E-state index contributed by atoms with van der Waals surface area (Å²) < 4.78 is 0. The van der Waals surface area contributed by atoms with Crippen molar-refractivity contribution >= 4 is 28.6 Å². The molecule has 28 heavy (non-hydrogen) atoms. The Balaban J connectivity index is 1.36. The number of likely N-dealkylation sites (tertiary alicyclic amines) is 1. The van der Waals surface area contributed by atoms with Gasteiger partial charge in [-0.15, -0.1) is 22.7 Å². The molecule has 0 unspecified atom stereocenters. The molecule has 0 aromatic carbocycles. The van der Waals surface area contributed by atoms with Crippen molar-refractivity contribution in [2.75, 3.05) is 26.7 Å². The van der Waals surface area contributed by atoms with Gasteiger partial charge < -0.3 is 10.6 Å². The maximum absolute atomic E-state index is 4.70. The maximum Gasteiger partial charge on any atom is 0.191 e. The minimum atomic E-state index is 0.695. The predicted molar refractivity (Wildman–Crippen MR) is 119 cm³/mol. The molecule has 3 rings (SSSR count). The van der Waals surface area contributed by atoms with Gasteiger partial charge in [0.05, 0.1) is 22.9 Å². The number of nitrogens with one attached hydrogen (secondary N) is 2. The van der Waals surface area contributed by atoms with Crippen LogP contribution < -0.4 is 10.6 Å². The summed E-state index contributed by atoms with van der Waals surface area (Å²) in [5.41, 5.74) is 2.36. The molecule has 0 radical (unpaired) electrons. The first-order valence-corrected chi connectivity index (χ1v) is 11.8. The van der Waals surface area contributed by atoms with Gasteiger partial charge in [-0.2, -0.15) is 0 Å². The zero-order valence-electron chi connectivity index (χ0n) is 17.4. The van der Waals surface area contributed by atoms with Crippen LogP contribution in [0.4, 0.5) is 0 Å². The van der Waals surface area contributed by atoms with Gasteiger partial charge in [0, 0.05) is 30.4 Å². The van der Waals surface area contributed by atoms with Crippen molar-refractivity contribution < 1.29 is 0 Å². The zero-order valence-corrected chi connectivity index (χ0v) is 19.0. The monoisotopic (exact) mass is 420 g/mol. The first-order chi connectivity index (χ1) is 13.6. The summed E-state index contributed by atoms with van der Waals surface area (Å²) in [6.45, 7) is 11.3. The fourth-order valence-corrected chi connectivity index (χ4v) is 5.01. The third kappa shape index (κ3) is 5.99. The molecule has 0 saturated carbocycles. The number of piperidine rings is 1. The quantitative estimate of drug-likeness (QED) is 0.531. The van der Waals surface area contributed by atoms with E-state index in [4.69, 9.17) is 4.98 Å². The number of hydrogen-bond acceptors (Lipinski definition) is 6. The van der Waals surface area contributed by atoms with Crippen LogP contribution in [0, 0.1) is 19.8 Å². The Morgan fingerprint density at radius 1 is 1.21 bits per heavy atom. The largest absolute Gasteiger partial charge is 0.356 e. The molecule has 6 nitrogen and oxygen atoms in total. The van der Waals surface area contributed by atoms with E-state index in [-0.39, 0.29) is 0 Å². The van der Waals surface area contributed by atoms with Crippen LogP contribution in [-0.4, -0.2) is 47.5 Å². The molecule has 1 aliphatic rings. The number of aryl methyl sites for hydroxylation is 3. The van der Waals surface area contributed by atoms with Crippen molar-refractivity contribution in [3.05, 3.63) is 31.7 Å².